The van der Waals surface area contributed by atoms with E-state index in [-0.39, 0.29) is 54.1 Å². The number of benzene rings is 2. The van der Waals surface area contributed by atoms with E-state index in [2.05, 4.69) is 20.1 Å². The Morgan fingerprint density at radius 1 is 0.889 bits per heavy atom. The van der Waals surface area contributed by atoms with Crippen LogP contribution in [-0.2, 0) is 55.2 Å². The molecule has 0 spiro atoms. The number of nitrogens with zero attached hydrogens (tertiary/aromatic N) is 3. The molecule has 3 rings (SSSR count). The molecule has 0 radical (unpaired) electrons. The number of methoxy groups -OCH3 is 2. The van der Waals surface area contributed by atoms with Crippen LogP contribution in [0, 0.1) is 23.7 Å². The lowest BCUT2D eigenvalue weighted by Crippen LogP contribution is -2.60. The second-order valence-electron chi connectivity index (χ2n) is 19.2. The molecule has 0 unspecified atom stereocenters. The highest BCUT2D eigenvalue weighted by molar-refractivity contribution is 7.81. The summed E-state index contributed by atoms with van der Waals surface area (Å²) in [4.78, 5) is 87.2. The van der Waals surface area contributed by atoms with Crippen molar-refractivity contribution in [2.45, 2.75) is 143 Å². The first-order valence-corrected chi connectivity index (χ1v) is 25.8. The Balaban J connectivity index is 1.78. The van der Waals surface area contributed by atoms with Gasteiger partial charge in [0.2, 0.25) is 29.5 Å². The molecular weight excluding hydrogens is 955 g/mol. The van der Waals surface area contributed by atoms with Crippen molar-refractivity contribution in [1.29, 1.82) is 0 Å². The summed E-state index contributed by atoms with van der Waals surface area (Å²) in [5.74, 6) is -4.28. The van der Waals surface area contributed by atoms with E-state index in [0.717, 1.165) is 11.0 Å². The monoisotopic (exact) mass is 1030 g/mol. The molecular formula is C50H79N7O14S. The zero-order valence-electron chi connectivity index (χ0n) is 43.8. The Hall–Kier alpha value is -5.39. The van der Waals surface area contributed by atoms with Crippen LogP contribution in [0.4, 0.5) is 10.5 Å². The number of carbonyl (C=O) groups is 6. The van der Waals surface area contributed by atoms with Crippen LogP contribution in [0.15, 0.2) is 48.5 Å². The van der Waals surface area contributed by atoms with Gasteiger partial charge in [0.1, 0.15) is 24.4 Å². The van der Waals surface area contributed by atoms with Crippen molar-refractivity contribution in [3.63, 3.8) is 0 Å². The van der Waals surface area contributed by atoms with Crippen molar-refractivity contribution in [2.24, 2.45) is 29.4 Å². The maximum atomic E-state index is 14.7. The van der Waals surface area contributed by atoms with Crippen LogP contribution in [-0.4, -0.2) is 152 Å². The first-order chi connectivity index (χ1) is 33.8. The molecule has 0 bridgehead atoms. The van der Waals surface area contributed by atoms with E-state index in [1.165, 1.54) is 38.3 Å². The summed E-state index contributed by atoms with van der Waals surface area (Å²) in [5.41, 5.74) is 6.40. The smallest absolute Gasteiger partial charge is 0.444 e. The van der Waals surface area contributed by atoms with Crippen molar-refractivity contribution in [3.05, 3.63) is 59.7 Å². The fraction of sp³-hybridized carbons (Fsp3) is 0.640. The van der Waals surface area contributed by atoms with Gasteiger partial charge in [-0.1, -0.05) is 85.2 Å². The first-order valence-electron chi connectivity index (χ1n) is 24.5. The minimum absolute atomic E-state index is 0.0117. The molecule has 1 heterocycles. The van der Waals surface area contributed by atoms with E-state index in [1.807, 2.05) is 32.0 Å². The molecule has 0 saturated carbocycles. The molecule has 1 fully saturated rings. The second-order valence-corrected chi connectivity index (χ2v) is 20.3. The van der Waals surface area contributed by atoms with E-state index in [0.29, 0.717) is 31.4 Å². The average molecular weight is 1030 g/mol. The minimum atomic E-state index is -4.90. The topological polar surface area (TPSA) is 286 Å². The zero-order valence-corrected chi connectivity index (χ0v) is 44.6. The number of amides is 6. The Labute approximate surface area is 425 Å². The Bertz CT molecular complexity index is 2240. The fourth-order valence-electron chi connectivity index (χ4n) is 9.25. The normalized spacial score (nSPS) is 17.6. The number of anilines is 1. The molecule has 6 amide bonds. The number of likely N-dealkylation sites (tertiary alicyclic amines) is 1. The van der Waals surface area contributed by atoms with Crippen LogP contribution in [0.25, 0.3) is 0 Å². The number of carbonyl (C=O) groups excluding carboxylic acids is 6. The van der Waals surface area contributed by atoms with Crippen LogP contribution in [0.1, 0.15) is 105 Å². The van der Waals surface area contributed by atoms with Crippen molar-refractivity contribution in [3.8, 4) is 5.75 Å². The summed E-state index contributed by atoms with van der Waals surface area (Å²) in [6, 6.07) is 8.77. The molecule has 22 heteroatoms. The van der Waals surface area contributed by atoms with Crippen molar-refractivity contribution in [2.75, 3.05) is 46.7 Å². The van der Waals surface area contributed by atoms with Gasteiger partial charge in [-0.15, -0.1) is 0 Å². The number of ether oxygens (including phenoxy) is 3. The number of rotatable bonds is 27. The van der Waals surface area contributed by atoms with Crippen molar-refractivity contribution in [1.82, 2.24) is 25.3 Å². The minimum Gasteiger partial charge on any atom is -0.444 e. The molecule has 2 aromatic rings. The van der Waals surface area contributed by atoms with Gasteiger partial charge in [0.15, 0.2) is 0 Å². The first kappa shape index (κ1) is 60.9. The van der Waals surface area contributed by atoms with E-state index < -0.39 is 107 Å². The summed E-state index contributed by atoms with van der Waals surface area (Å²) < 4.78 is 53.9. The molecule has 2 aromatic carbocycles. The molecule has 7 N–H and O–H groups in total. The quantitative estimate of drug-likeness (QED) is 0.0689. The molecule has 0 aromatic heterocycles. The lowest BCUT2D eigenvalue weighted by molar-refractivity contribution is -0.148. The second kappa shape index (κ2) is 28.2. The number of likely N-dealkylation sites (N-methyl/N-ethyl adjacent to an activating group) is 2. The number of nitrogens with two attached hydrogens (primary N) is 1. The third-order valence-electron chi connectivity index (χ3n) is 13.4. The number of nitrogens with one attached hydrogen (secondary N) is 3. The highest BCUT2D eigenvalue weighted by Crippen LogP contribution is 2.31. The third-order valence-corrected chi connectivity index (χ3v) is 13.8. The van der Waals surface area contributed by atoms with Gasteiger partial charge in [-0.25, -0.2) is 4.79 Å². The standard InChI is InChI=1S/C50H79N7O14S/c1-13-31(6)44(39(68-11)27-41(59)57-25-17-20-38(57)46(69-12)32(7)47(61)52-33(8)45(60)34-18-15-14-16-19-34)55(9)49(63)42(29(2)3)54-48(62)43(30(4)5)56(10)50(64)70-28-35-21-22-36(71-72(65,66)67)26-37(35)53-40(58)23-24-51/h14-16,18-19,21-22,26,29-33,38-39,42-46,60H,13,17,20,23-25,27-28,51H2,1-12H3,(H,52,61)(H,53,58)(H,54,62)(H,65,66,67)/t31-,32+,33+,38-,39+,42-,43-,44-,45+,46+/m0/s1. The van der Waals surface area contributed by atoms with Gasteiger partial charge in [0.05, 0.1) is 54.5 Å². The molecule has 1 aliphatic heterocycles. The van der Waals surface area contributed by atoms with Crippen LogP contribution in [0.3, 0.4) is 0 Å². The van der Waals surface area contributed by atoms with Gasteiger partial charge < -0.3 is 55.0 Å². The zero-order chi connectivity index (χ0) is 54.2. The predicted octanol–water partition coefficient (Wildman–Crippen LogP) is 4.05. The summed E-state index contributed by atoms with van der Waals surface area (Å²) in [7, 11) is 1.08. The van der Waals surface area contributed by atoms with Crippen LogP contribution in [0.5, 0.6) is 5.75 Å². The molecule has 21 nitrogen and oxygen atoms in total. The number of hydrogen-bond donors (Lipinski definition) is 6. The number of aliphatic hydroxyl groups excluding tert-OH is 1. The van der Waals surface area contributed by atoms with Crippen LogP contribution < -0.4 is 25.9 Å². The molecule has 0 aliphatic carbocycles. The summed E-state index contributed by atoms with van der Waals surface area (Å²) in [6.07, 6.45) is -1.60. The highest BCUT2D eigenvalue weighted by atomic mass is 32.3. The third kappa shape index (κ3) is 16.8. The van der Waals surface area contributed by atoms with Gasteiger partial charge in [-0.3, -0.25) is 33.4 Å². The molecule has 10 atom stereocenters. The summed E-state index contributed by atoms with van der Waals surface area (Å²) >= 11 is 0. The highest BCUT2D eigenvalue weighted by Gasteiger charge is 2.44. The van der Waals surface area contributed by atoms with Crippen LogP contribution >= 0.6 is 0 Å². The average Bonchev–Trinajstić information content (AvgIpc) is 3.81. The maximum Gasteiger partial charge on any atom is 0.446 e. The molecule has 404 valence electrons. The molecule has 72 heavy (non-hydrogen) atoms. The Kier molecular flexibility index (Phi) is 23.8. The van der Waals surface area contributed by atoms with E-state index in [4.69, 9.17) is 24.5 Å². The SMILES string of the molecule is CC[C@H](C)[C@@H]([C@@H](CC(=O)N1CCC[C@H]1[C@H](OC)[C@@H](C)C(=O)N[C@H](C)[C@@H](O)c1ccccc1)OC)N(C)C(=O)[C@@H](NC(=O)[C@H](C(C)C)N(C)C(=O)OCc1ccc(OS(=O)(=O)O)cc1NC(=O)CCN)C(C)C. The van der Waals surface area contributed by atoms with Gasteiger partial charge in [0, 0.05) is 59.5 Å². The lowest BCUT2D eigenvalue weighted by atomic mass is 9.89. The maximum absolute atomic E-state index is 14.7. The fourth-order valence-corrected chi connectivity index (χ4v) is 9.59. The summed E-state index contributed by atoms with van der Waals surface area (Å²) in [5, 5.41) is 19.3. The van der Waals surface area contributed by atoms with Gasteiger partial charge >= 0.3 is 16.5 Å². The van der Waals surface area contributed by atoms with Gasteiger partial charge in [0.25, 0.3) is 0 Å². The number of hydrogen-bond acceptors (Lipinski definition) is 14. The van der Waals surface area contributed by atoms with Crippen LogP contribution in [0.2, 0.25) is 0 Å². The lowest BCUT2D eigenvalue weighted by Gasteiger charge is -2.41. The van der Waals surface area contributed by atoms with E-state index >= 15 is 0 Å². The van der Waals surface area contributed by atoms with Gasteiger partial charge in [-0.05, 0) is 55.2 Å². The summed E-state index contributed by atoms with van der Waals surface area (Å²) in [6.45, 7) is 14.4. The Morgan fingerprint density at radius 2 is 1.54 bits per heavy atom. The van der Waals surface area contributed by atoms with Crippen molar-refractivity contribution >= 4 is 51.7 Å². The number of aliphatic hydroxyl groups is 1. The molecule has 1 aliphatic rings. The molecule has 1 saturated heterocycles. The van der Waals surface area contributed by atoms with E-state index in [9.17, 15) is 42.3 Å². The predicted molar refractivity (Wildman–Crippen MR) is 269 cm³/mol. The van der Waals surface area contributed by atoms with Crippen molar-refractivity contribution < 1.29 is 65.2 Å². The Morgan fingerprint density at radius 3 is 2.10 bits per heavy atom. The van der Waals surface area contributed by atoms with E-state index in [1.54, 1.807) is 65.6 Å². The largest absolute Gasteiger partial charge is 0.446 e. The van der Waals surface area contributed by atoms with Gasteiger partial charge in [-0.2, -0.15) is 8.42 Å².